The first-order valence-corrected chi connectivity index (χ1v) is 10.6. The number of carbonyl (C=O) groups excluding carboxylic acids is 2. The molecule has 1 aliphatic rings. The molecule has 3 rings (SSSR count). The molecule has 1 aromatic carbocycles. The van der Waals surface area contributed by atoms with E-state index in [4.69, 9.17) is 4.74 Å². The van der Waals surface area contributed by atoms with Gasteiger partial charge in [0.2, 0.25) is 0 Å². The fraction of sp³-hybridized carbons (Fsp3) is 0.381. The van der Waals surface area contributed by atoms with Crippen LogP contribution in [0, 0.1) is 0 Å². The molecule has 0 radical (unpaired) electrons. The lowest BCUT2D eigenvalue weighted by molar-refractivity contribution is 0.0674. The first-order valence-electron chi connectivity index (χ1n) is 9.44. The summed E-state index contributed by atoms with van der Waals surface area (Å²) in [7, 11) is 0. The van der Waals surface area contributed by atoms with Crippen molar-refractivity contribution in [1.29, 1.82) is 0 Å². The molecule has 1 saturated heterocycles. The maximum atomic E-state index is 13.2. The lowest BCUT2D eigenvalue weighted by Crippen LogP contribution is -2.47. The predicted molar refractivity (Wildman–Crippen MR) is 111 cm³/mol. The molecule has 0 aliphatic carbocycles. The van der Waals surface area contributed by atoms with Crippen molar-refractivity contribution in [2.24, 2.45) is 0 Å². The highest BCUT2D eigenvalue weighted by Crippen LogP contribution is 2.27. The van der Waals surface area contributed by atoms with Crippen LogP contribution in [0.2, 0.25) is 0 Å². The molecule has 154 valence electrons. The minimum atomic E-state index is -0.830. The summed E-state index contributed by atoms with van der Waals surface area (Å²) in [6, 6.07) is 8.02. The van der Waals surface area contributed by atoms with Gasteiger partial charge in [0.05, 0.1) is 29.5 Å². The number of ether oxygens (including phenoxy) is 1. The number of nitrogens with zero attached hydrogens (tertiary/aromatic N) is 2. The Bertz CT molecular complexity index is 874. The predicted octanol–water partition coefficient (Wildman–Crippen LogP) is 2.68. The van der Waals surface area contributed by atoms with E-state index in [0.717, 1.165) is 11.5 Å². The summed E-state index contributed by atoms with van der Waals surface area (Å²) in [6.07, 6.45) is 1.88. The number of aromatic nitrogens is 1. The van der Waals surface area contributed by atoms with E-state index in [2.05, 4.69) is 4.98 Å². The van der Waals surface area contributed by atoms with Crippen LogP contribution in [-0.4, -0.2) is 63.0 Å². The van der Waals surface area contributed by atoms with E-state index in [1.54, 1.807) is 49.1 Å². The number of carbonyl (C=O) groups is 2. The molecule has 7 nitrogen and oxygen atoms in total. The Morgan fingerprint density at radius 2 is 2.24 bits per heavy atom. The molecular weight excluding hydrogens is 392 g/mol. The second-order valence-electron chi connectivity index (χ2n) is 6.78. The fourth-order valence-corrected chi connectivity index (χ4v) is 4.44. The summed E-state index contributed by atoms with van der Waals surface area (Å²) in [5.74, 6) is 1.68. The van der Waals surface area contributed by atoms with Crippen molar-refractivity contribution in [2.45, 2.75) is 25.5 Å². The third-order valence-electron chi connectivity index (χ3n) is 4.82. The smallest absolute Gasteiger partial charge is 0.256 e. The maximum absolute atomic E-state index is 13.2. The molecule has 0 saturated carbocycles. The number of hydrogen-bond donors (Lipinski definition) is 2. The molecule has 0 bridgehead atoms. The van der Waals surface area contributed by atoms with E-state index in [1.807, 2.05) is 4.90 Å². The number of aliphatic hydroxyl groups excluding tert-OH is 1. The van der Waals surface area contributed by atoms with Crippen LogP contribution < -0.4 is 4.74 Å². The van der Waals surface area contributed by atoms with Gasteiger partial charge >= 0.3 is 0 Å². The van der Waals surface area contributed by atoms with E-state index < -0.39 is 6.10 Å². The molecule has 0 unspecified atom stereocenters. The SMILES string of the molecule is C[C@@H](O)c1ncccc1C(=O)N1CCSC[C@H]1CCOc1cccc(O)c1C=O. The van der Waals surface area contributed by atoms with E-state index in [9.17, 15) is 19.8 Å². The highest BCUT2D eigenvalue weighted by Gasteiger charge is 2.30. The lowest BCUT2D eigenvalue weighted by atomic mass is 10.1. The molecule has 1 amide bonds. The van der Waals surface area contributed by atoms with Crippen molar-refractivity contribution in [2.75, 3.05) is 24.7 Å². The summed E-state index contributed by atoms with van der Waals surface area (Å²) >= 11 is 1.78. The molecule has 29 heavy (non-hydrogen) atoms. The number of aliphatic hydroxyl groups is 1. The van der Waals surface area contributed by atoms with Gasteiger partial charge < -0.3 is 19.8 Å². The van der Waals surface area contributed by atoms with Crippen molar-refractivity contribution < 1.29 is 24.5 Å². The van der Waals surface area contributed by atoms with Gasteiger partial charge in [-0.2, -0.15) is 11.8 Å². The number of pyridine rings is 1. The molecule has 0 spiro atoms. The Morgan fingerprint density at radius 3 is 3.00 bits per heavy atom. The summed E-state index contributed by atoms with van der Waals surface area (Å²) in [4.78, 5) is 30.3. The van der Waals surface area contributed by atoms with Crippen LogP contribution in [0.5, 0.6) is 11.5 Å². The number of hydrogen-bond acceptors (Lipinski definition) is 7. The molecule has 1 aromatic heterocycles. The first kappa shape index (κ1) is 21.1. The Morgan fingerprint density at radius 1 is 1.41 bits per heavy atom. The first-order chi connectivity index (χ1) is 14.0. The Kier molecular flexibility index (Phi) is 7.11. The second kappa shape index (κ2) is 9.76. The number of benzene rings is 1. The average Bonchev–Trinajstić information content (AvgIpc) is 2.73. The Balaban J connectivity index is 1.70. The zero-order valence-corrected chi connectivity index (χ0v) is 17.0. The van der Waals surface area contributed by atoms with E-state index in [0.29, 0.717) is 42.9 Å². The van der Waals surface area contributed by atoms with Gasteiger partial charge in [-0.25, -0.2) is 0 Å². The van der Waals surface area contributed by atoms with E-state index in [-0.39, 0.29) is 23.3 Å². The van der Waals surface area contributed by atoms with Crippen molar-refractivity contribution >= 4 is 24.0 Å². The van der Waals surface area contributed by atoms with Crippen molar-refractivity contribution in [3.63, 3.8) is 0 Å². The molecule has 2 atom stereocenters. The van der Waals surface area contributed by atoms with Gasteiger partial charge in [0, 0.05) is 36.7 Å². The maximum Gasteiger partial charge on any atom is 0.256 e. The Hall–Kier alpha value is -2.58. The quantitative estimate of drug-likeness (QED) is 0.670. The average molecular weight is 416 g/mol. The van der Waals surface area contributed by atoms with Crippen LogP contribution in [0.25, 0.3) is 0 Å². The fourth-order valence-electron chi connectivity index (χ4n) is 3.33. The second-order valence-corrected chi connectivity index (χ2v) is 7.93. The molecule has 2 N–H and O–H groups in total. The number of phenols is 1. The number of aromatic hydroxyl groups is 1. The van der Waals surface area contributed by atoms with Gasteiger partial charge in [0.15, 0.2) is 6.29 Å². The lowest BCUT2D eigenvalue weighted by Gasteiger charge is -2.36. The summed E-state index contributed by atoms with van der Waals surface area (Å²) < 4.78 is 5.72. The molecule has 2 heterocycles. The van der Waals surface area contributed by atoms with Gasteiger partial charge in [-0.3, -0.25) is 14.6 Å². The molecule has 1 fully saturated rings. The zero-order valence-electron chi connectivity index (χ0n) is 16.2. The number of amides is 1. The highest BCUT2D eigenvalue weighted by atomic mass is 32.2. The van der Waals surface area contributed by atoms with Crippen molar-refractivity contribution in [3.8, 4) is 11.5 Å². The minimum Gasteiger partial charge on any atom is -0.507 e. The Labute approximate surface area is 173 Å². The number of rotatable bonds is 7. The largest absolute Gasteiger partial charge is 0.507 e. The highest BCUT2D eigenvalue weighted by molar-refractivity contribution is 7.99. The van der Waals surface area contributed by atoms with Gasteiger partial charge in [-0.05, 0) is 31.2 Å². The van der Waals surface area contributed by atoms with Crippen LogP contribution in [0.3, 0.4) is 0 Å². The van der Waals surface area contributed by atoms with Gasteiger partial charge in [-0.1, -0.05) is 6.07 Å². The topological polar surface area (TPSA) is 100.0 Å². The summed E-state index contributed by atoms with van der Waals surface area (Å²) in [6.45, 7) is 2.50. The van der Waals surface area contributed by atoms with Crippen LogP contribution in [-0.2, 0) is 0 Å². The summed E-state index contributed by atoms with van der Waals surface area (Å²) in [5, 5.41) is 19.7. The standard InChI is InChI=1S/C21H24N2O5S/c1-14(25)20-16(4-3-8-22-20)21(27)23-9-11-29-13-15(23)7-10-28-19-6-2-5-18(26)17(19)12-24/h2-6,8,12,14-15,25-26H,7,9-11,13H2,1H3/t14-,15-/m1/s1. The zero-order chi connectivity index (χ0) is 20.8. The van der Waals surface area contributed by atoms with E-state index in [1.165, 1.54) is 6.07 Å². The van der Waals surface area contributed by atoms with Crippen molar-refractivity contribution in [3.05, 3.63) is 53.3 Å². The number of phenolic OH excluding ortho intramolecular Hbond substituents is 1. The van der Waals surface area contributed by atoms with Gasteiger partial charge in [-0.15, -0.1) is 0 Å². The normalized spacial score (nSPS) is 17.6. The van der Waals surface area contributed by atoms with Gasteiger partial charge in [0.1, 0.15) is 11.5 Å². The third kappa shape index (κ3) is 4.89. The van der Waals surface area contributed by atoms with E-state index >= 15 is 0 Å². The monoisotopic (exact) mass is 416 g/mol. The summed E-state index contributed by atoms with van der Waals surface area (Å²) in [5.41, 5.74) is 0.910. The third-order valence-corrected chi connectivity index (χ3v) is 5.91. The van der Waals surface area contributed by atoms with Crippen LogP contribution in [0.1, 0.15) is 45.9 Å². The van der Waals surface area contributed by atoms with Crippen LogP contribution in [0.15, 0.2) is 36.5 Å². The number of aldehydes is 1. The molecule has 2 aromatic rings. The van der Waals surface area contributed by atoms with Crippen molar-refractivity contribution in [1.82, 2.24) is 9.88 Å². The van der Waals surface area contributed by atoms with Crippen LogP contribution in [0.4, 0.5) is 0 Å². The number of thioether (sulfide) groups is 1. The van der Waals surface area contributed by atoms with Gasteiger partial charge in [0.25, 0.3) is 5.91 Å². The minimum absolute atomic E-state index is 0.0414. The molecule has 8 heteroatoms. The van der Waals surface area contributed by atoms with Crippen LogP contribution >= 0.6 is 11.8 Å². The molecular formula is C21H24N2O5S. The molecule has 1 aliphatic heterocycles.